The van der Waals surface area contributed by atoms with Crippen LogP contribution in [0.5, 0.6) is 0 Å². The Balaban J connectivity index is 1.84. The van der Waals surface area contributed by atoms with Crippen molar-refractivity contribution in [3.05, 3.63) is 66.0 Å². The lowest BCUT2D eigenvalue weighted by Crippen LogP contribution is -2.42. The van der Waals surface area contributed by atoms with Crippen molar-refractivity contribution >= 4 is 5.91 Å². The van der Waals surface area contributed by atoms with Gasteiger partial charge >= 0.3 is 0 Å². The number of rotatable bonds is 4. The van der Waals surface area contributed by atoms with Crippen LogP contribution < -0.4 is 0 Å². The van der Waals surface area contributed by atoms with E-state index in [1.807, 2.05) is 30.3 Å². The number of pyridine rings is 1. The molecule has 0 radical (unpaired) electrons. The SMILES string of the molecule is CC1CCCN(C(=O)C(Cc2ccncc2)c2ccccc2)C1. The topological polar surface area (TPSA) is 33.2 Å². The smallest absolute Gasteiger partial charge is 0.230 e. The van der Waals surface area contributed by atoms with E-state index in [1.54, 1.807) is 12.4 Å². The second-order valence-corrected chi connectivity index (χ2v) is 6.55. The number of likely N-dealkylation sites (tertiary alicyclic amines) is 1. The van der Waals surface area contributed by atoms with Crippen LogP contribution in [0.2, 0.25) is 0 Å². The first kappa shape index (κ1) is 15.7. The molecule has 1 aliphatic heterocycles. The maximum absolute atomic E-state index is 13.2. The molecule has 3 rings (SSSR count). The highest BCUT2D eigenvalue weighted by Crippen LogP contribution is 2.26. The van der Waals surface area contributed by atoms with Crippen LogP contribution in [0.3, 0.4) is 0 Å². The zero-order chi connectivity index (χ0) is 16.1. The standard InChI is InChI=1S/C20H24N2O/c1-16-6-5-13-22(15-16)20(23)19(18-7-3-2-4-8-18)14-17-9-11-21-12-10-17/h2-4,7-12,16,19H,5-6,13-15H2,1H3. The summed E-state index contributed by atoms with van der Waals surface area (Å²) in [5, 5.41) is 0. The molecule has 3 nitrogen and oxygen atoms in total. The summed E-state index contributed by atoms with van der Waals surface area (Å²) in [6, 6.07) is 14.2. The predicted octanol–water partition coefficient (Wildman–Crippen LogP) is 3.67. The minimum Gasteiger partial charge on any atom is -0.342 e. The molecule has 1 aromatic carbocycles. The molecule has 2 atom stereocenters. The first-order valence-corrected chi connectivity index (χ1v) is 8.46. The Kier molecular flexibility index (Phi) is 5.06. The molecule has 0 N–H and O–H groups in total. The molecule has 2 heterocycles. The van der Waals surface area contributed by atoms with Crippen LogP contribution in [0.1, 0.15) is 36.8 Å². The third-order valence-corrected chi connectivity index (χ3v) is 4.66. The molecular weight excluding hydrogens is 284 g/mol. The Morgan fingerprint density at radius 1 is 1.22 bits per heavy atom. The number of hydrogen-bond donors (Lipinski definition) is 0. The molecule has 2 aromatic rings. The highest BCUT2D eigenvalue weighted by molar-refractivity contribution is 5.84. The fraction of sp³-hybridized carbons (Fsp3) is 0.400. The Morgan fingerprint density at radius 2 is 1.96 bits per heavy atom. The van der Waals surface area contributed by atoms with Crippen molar-refractivity contribution in [2.24, 2.45) is 5.92 Å². The summed E-state index contributed by atoms with van der Waals surface area (Å²) in [5.74, 6) is 0.758. The minimum atomic E-state index is -0.108. The van der Waals surface area contributed by atoms with Gasteiger partial charge in [0.05, 0.1) is 5.92 Å². The van der Waals surface area contributed by atoms with Crippen LogP contribution in [0.25, 0.3) is 0 Å². The van der Waals surface area contributed by atoms with Gasteiger partial charge in [-0.2, -0.15) is 0 Å². The van der Waals surface area contributed by atoms with Crippen molar-refractivity contribution in [2.75, 3.05) is 13.1 Å². The lowest BCUT2D eigenvalue weighted by Gasteiger charge is -2.34. The molecule has 3 heteroatoms. The van der Waals surface area contributed by atoms with Crippen LogP contribution in [0.15, 0.2) is 54.9 Å². The molecule has 1 amide bonds. The fourth-order valence-electron chi connectivity index (χ4n) is 3.40. The van der Waals surface area contributed by atoms with Gasteiger partial charge in [-0.1, -0.05) is 37.3 Å². The number of carbonyl (C=O) groups excluding carboxylic acids is 1. The average molecular weight is 308 g/mol. The monoisotopic (exact) mass is 308 g/mol. The van der Waals surface area contributed by atoms with Crippen molar-refractivity contribution in [1.29, 1.82) is 0 Å². The van der Waals surface area contributed by atoms with Crippen molar-refractivity contribution in [3.8, 4) is 0 Å². The Hall–Kier alpha value is -2.16. The highest BCUT2D eigenvalue weighted by Gasteiger charge is 2.28. The van der Waals surface area contributed by atoms with Crippen LogP contribution in [-0.4, -0.2) is 28.9 Å². The molecular formula is C20H24N2O. The number of piperidine rings is 1. The molecule has 1 aliphatic rings. The summed E-state index contributed by atoms with van der Waals surface area (Å²) >= 11 is 0. The van der Waals surface area contributed by atoms with E-state index in [1.165, 1.54) is 6.42 Å². The van der Waals surface area contributed by atoms with Gasteiger partial charge in [0.1, 0.15) is 0 Å². The van der Waals surface area contributed by atoms with Gasteiger partial charge in [0.2, 0.25) is 5.91 Å². The Bertz CT molecular complexity index is 627. The number of aromatic nitrogens is 1. The van der Waals surface area contributed by atoms with Gasteiger partial charge in [-0.25, -0.2) is 0 Å². The van der Waals surface area contributed by atoms with Crippen LogP contribution in [0, 0.1) is 5.92 Å². The second kappa shape index (κ2) is 7.40. The van der Waals surface area contributed by atoms with Crippen molar-refractivity contribution < 1.29 is 4.79 Å². The molecule has 23 heavy (non-hydrogen) atoms. The zero-order valence-electron chi connectivity index (χ0n) is 13.7. The predicted molar refractivity (Wildman–Crippen MR) is 92.1 cm³/mol. The Labute approximate surface area is 138 Å². The van der Waals surface area contributed by atoms with Gasteiger partial charge in [-0.15, -0.1) is 0 Å². The quantitative estimate of drug-likeness (QED) is 0.863. The van der Waals surface area contributed by atoms with Gasteiger partial charge in [-0.05, 0) is 48.4 Å². The van der Waals surface area contributed by atoms with Crippen molar-refractivity contribution in [2.45, 2.75) is 32.1 Å². The van der Waals surface area contributed by atoms with Gasteiger partial charge in [0, 0.05) is 25.5 Å². The zero-order valence-corrected chi connectivity index (χ0v) is 13.7. The summed E-state index contributed by atoms with van der Waals surface area (Å²) in [7, 11) is 0. The number of nitrogens with zero attached hydrogens (tertiary/aromatic N) is 2. The number of amides is 1. The number of hydrogen-bond acceptors (Lipinski definition) is 2. The van der Waals surface area contributed by atoms with Gasteiger partial charge in [0.25, 0.3) is 0 Å². The molecule has 1 saturated heterocycles. The van der Waals surface area contributed by atoms with Crippen LogP contribution in [0.4, 0.5) is 0 Å². The van der Waals surface area contributed by atoms with E-state index in [2.05, 4.69) is 28.9 Å². The van der Waals surface area contributed by atoms with E-state index in [-0.39, 0.29) is 11.8 Å². The molecule has 0 saturated carbocycles. The molecule has 0 aliphatic carbocycles. The molecule has 120 valence electrons. The van der Waals surface area contributed by atoms with Gasteiger partial charge < -0.3 is 4.90 Å². The van der Waals surface area contributed by atoms with E-state index in [9.17, 15) is 4.79 Å². The van der Waals surface area contributed by atoms with Crippen molar-refractivity contribution in [1.82, 2.24) is 9.88 Å². The minimum absolute atomic E-state index is 0.108. The van der Waals surface area contributed by atoms with Gasteiger partial charge in [-0.3, -0.25) is 9.78 Å². The molecule has 1 fully saturated rings. The average Bonchev–Trinajstić information content (AvgIpc) is 2.61. The van der Waals surface area contributed by atoms with E-state index < -0.39 is 0 Å². The van der Waals surface area contributed by atoms with Gasteiger partial charge in [0.15, 0.2) is 0 Å². The number of benzene rings is 1. The summed E-state index contributed by atoms with van der Waals surface area (Å²) in [6.07, 6.45) is 6.67. The number of carbonyl (C=O) groups is 1. The molecule has 1 aromatic heterocycles. The Morgan fingerprint density at radius 3 is 2.65 bits per heavy atom. The van der Waals surface area contributed by atoms with E-state index >= 15 is 0 Å². The first-order chi connectivity index (χ1) is 11.2. The second-order valence-electron chi connectivity index (χ2n) is 6.55. The first-order valence-electron chi connectivity index (χ1n) is 8.46. The lowest BCUT2D eigenvalue weighted by atomic mass is 9.89. The lowest BCUT2D eigenvalue weighted by molar-refractivity contribution is -0.134. The molecule has 2 unspecified atom stereocenters. The summed E-state index contributed by atoms with van der Waals surface area (Å²) < 4.78 is 0. The maximum atomic E-state index is 13.2. The molecule has 0 bridgehead atoms. The molecule has 0 spiro atoms. The summed E-state index contributed by atoms with van der Waals surface area (Å²) in [5.41, 5.74) is 2.26. The van der Waals surface area contributed by atoms with E-state index in [0.29, 0.717) is 5.92 Å². The summed E-state index contributed by atoms with van der Waals surface area (Å²) in [4.78, 5) is 19.3. The normalized spacial score (nSPS) is 19.3. The van der Waals surface area contributed by atoms with E-state index in [0.717, 1.165) is 37.1 Å². The van der Waals surface area contributed by atoms with E-state index in [4.69, 9.17) is 0 Å². The summed E-state index contributed by atoms with van der Waals surface area (Å²) in [6.45, 7) is 4.02. The van der Waals surface area contributed by atoms with Crippen molar-refractivity contribution in [3.63, 3.8) is 0 Å². The third kappa shape index (κ3) is 3.98. The van der Waals surface area contributed by atoms with Crippen LogP contribution >= 0.6 is 0 Å². The largest absolute Gasteiger partial charge is 0.342 e. The maximum Gasteiger partial charge on any atom is 0.230 e. The third-order valence-electron chi connectivity index (χ3n) is 4.66. The van der Waals surface area contributed by atoms with Crippen LogP contribution in [-0.2, 0) is 11.2 Å². The highest BCUT2D eigenvalue weighted by atomic mass is 16.2. The fourth-order valence-corrected chi connectivity index (χ4v) is 3.40.